The van der Waals surface area contributed by atoms with Crippen molar-refractivity contribution in [3.05, 3.63) is 11.4 Å². The molecule has 0 saturated heterocycles. The van der Waals surface area contributed by atoms with E-state index in [2.05, 4.69) is 36.4 Å². The molecule has 1 unspecified atom stereocenters. The summed E-state index contributed by atoms with van der Waals surface area (Å²) in [6.45, 7) is 9.42. The van der Waals surface area contributed by atoms with E-state index < -0.39 is 0 Å². The molecule has 5 nitrogen and oxygen atoms in total. The lowest BCUT2D eigenvalue weighted by atomic mass is 9.94. The Bertz CT molecular complexity index is 487. The van der Waals surface area contributed by atoms with Gasteiger partial charge in [0.2, 0.25) is 0 Å². The quantitative estimate of drug-likeness (QED) is 0.687. The first-order valence-electron chi connectivity index (χ1n) is 8.04. The highest BCUT2D eigenvalue weighted by molar-refractivity contribution is 5.58. The van der Waals surface area contributed by atoms with Gasteiger partial charge in [0, 0.05) is 30.2 Å². The maximum Gasteiger partial charge on any atom is 0.136 e. The van der Waals surface area contributed by atoms with Gasteiger partial charge in [-0.15, -0.1) is 0 Å². The summed E-state index contributed by atoms with van der Waals surface area (Å²) >= 11 is 0. The van der Waals surface area contributed by atoms with Crippen molar-refractivity contribution in [1.29, 1.82) is 0 Å². The van der Waals surface area contributed by atoms with Crippen LogP contribution in [0.4, 0.5) is 11.6 Å². The van der Waals surface area contributed by atoms with Crippen LogP contribution in [0.15, 0.2) is 0 Å². The monoisotopic (exact) mass is 292 g/mol. The van der Waals surface area contributed by atoms with Gasteiger partial charge in [0.15, 0.2) is 0 Å². The fraction of sp³-hybridized carbons (Fsp3) is 0.750. The van der Waals surface area contributed by atoms with Crippen LogP contribution in [0, 0.1) is 6.92 Å². The Hall–Kier alpha value is -1.36. The van der Waals surface area contributed by atoms with Crippen molar-refractivity contribution in [2.45, 2.75) is 64.8 Å². The summed E-state index contributed by atoms with van der Waals surface area (Å²) in [5, 5.41) is 16.2. The SMILES string of the molecule is CCNc1nc(C2CC2)nc(NC(C)(CC)CCO)c1C. The number of hydrogen-bond donors (Lipinski definition) is 3. The highest BCUT2D eigenvalue weighted by Gasteiger charge is 2.29. The number of aromatic nitrogens is 2. The molecule has 21 heavy (non-hydrogen) atoms. The minimum Gasteiger partial charge on any atom is -0.396 e. The zero-order valence-corrected chi connectivity index (χ0v) is 13.7. The molecule has 0 aromatic carbocycles. The van der Waals surface area contributed by atoms with Gasteiger partial charge in [-0.05, 0) is 46.5 Å². The summed E-state index contributed by atoms with van der Waals surface area (Å²) in [7, 11) is 0. The van der Waals surface area contributed by atoms with E-state index in [1.165, 1.54) is 12.8 Å². The van der Waals surface area contributed by atoms with Gasteiger partial charge >= 0.3 is 0 Å². The number of aliphatic hydroxyl groups is 1. The minimum absolute atomic E-state index is 0.141. The van der Waals surface area contributed by atoms with E-state index >= 15 is 0 Å². The Kier molecular flexibility index (Phi) is 5.04. The molecule has 1 aliphatic rings. The predicted octanol–water partition coefficient (Wildman–Crippen LogP) is 3.06. The lowest BCUT2D eigenvalue weighted by molar-refractivity contribution is 0.251. The maximum atomic E-state index is 9.29. The van der Waals surface area contributed by atoms with Crippen LogP contribution in [-0.2, 0) is 0 Å². The van der Waals surface area contributed by atoms with Gasteiger partial charge in [-0.25, -0.2) is 9.97 Å². The van der Waals surface area contributed by atoms with Crippen molar-refractivity contribution in [2.24, 2.45) is 0 Å². The van der Waals surface area contributed by atoms with Crippen molar-refractivity contribution >= 4 is 11.6 Å². The summed E-state index contributed by atoms with van der Waals surface area (Å²) in [6.07, 6.45) is 4.03. The number of hydrogen-bond acceptors (Lipinski definition) is 5. The van der Waals surface area contributed by atoms with E-state index in [0.29, 0.717) is 12.3 Å². The molecule has 2 rings (SSSR count). The second kappa shape index (κ2) is 6.60. The molecule has 0 spiro atoms. The molecule has 0 amide bonds. The first-order chi connectivity index (χ1) is 10.0. The van der Waals surface area contributed by atoms with Gasteiger partial charge in [-0.3, -0.25) is 0 Å². The van der Waals surface area contributed by atoms with E-state index in [4.69, 9.17) is 4.98 Å². The second-order valence-corrected chi connectivity index (χ2v) is 6.22. The van der Waals surface area contributed by atoms with Crippen LogP contribution in [0.5, 0.6) is 0 Å². The normalized spacial score (nSPS) is 17.4. The summed E-state index contributed by atoms with van der Waals surface area (Å²) in [5.74, 6) is 3.30. The third kappa shape index (κ3) is 3.84. The number of rotatable bonds is 8. The second-order valence-electron chi connectivity index (χ2n) is 6.22. The molecule has 5 heteroatoms. The molecule has 3 N–H and O–H groups in total. The van der Waals surface area contributed by atoms with Crippen LogP contribution in [-0.4, -0.2) is 33.8 Å². The highest BCUT2D eigenvalue weighted by Crippen LogP contribution is 2.40. The predicted molar refractivity (Wildman–Crippen MR) is 86.9 cm³/mol. The molecule has 1 aromatic heterocycles. The first-order valence-corrected chi connectivity index (χ1v) is 8.04. The molecule has 118 valence electrons. The lowest BCUT2D eigenvalue weighted by Crippen LogP contribution is -2.36. The van der Waals surface area contributed by atoms with Crippen molar-refractivity contribution in [3.8, 4) is 0 Å². The molecular formula is C16H28N4O. The molecule has 0 aliphatic heterocycles. The van der Waals surface area contributed by atoms with E-state index in [0.717, 1.165) is 36.0 Å². The molecule has 1 aliphatic carbocycles. The smallest absolute Gasteiger partial charge is 0.136 e. The molecule has 1 saturated carbocycles. The third-order valence-electron chi connectivity index (χ3n) is 4.31. The lowest BCUT2D eigenvalue weighted by Gasteiger charge is -2.31. The zero-order valence-electron chi connectivity index (χ0n) is 13.7. The topological polar surface area (TPSA) is 70.1 Å². The molecule has 1 heterocycles. The van der Waals surface area contributed by atoms with Crippen LogP contribution in [0.3, 0.4) is 0 Å². The minimum atomic E-state index is -0.141. The Balaban J connectivity index is 2.32. The summed E-state index contributed by atoms with van der Waals surface area (Å²) in [5.41, 5.74) is 0.914. The van der Waals surface area contributed by atoms with E-state index in [-0.39, 0.29) is 12.1 Å². The Morgan fingerprint density at radius 3 is 2.43 bits per heavy atom. The average molecular weight is 292 g/mol. The molecule has 0 radical (unpaired) electrons. The average Bonchev–Trinajstić information content (AvgIpc) is 3.28. The number of nitrogens with zero attached hydrogens (tertiary/aromatic N) is 2. The summed E-state index contributed by atoms with van der Waals surface area (Å²) < 4.78 is 0. The fourth-order valence-electron chi connectivity index (χ4n) is 2.38. The summed E-state index contributed by atoms with van der Waals surface area (Å²) in [4.78, 5) is 9.42. The number of anilines is 2. The van der Waals surface area contributed by atoms with Crippen molar-refractivity contribution in [2.75, 3.05) is 23.8 Å². The van der Waals surface area contributed by atoms with E-state index in [1.807, 2.05) is 6.92 Å². The third-order valence-corrected chi connectivity index (χ3v) is 4.31. The van der Waals surface area contributed by atoms with Crippen LogP contribution in [0.1, 0.15) is 63.8 Å². The van der Waals surface area contributed by atoms with Gasteiger partial charge in [-0.2, -0.15) is 0 Å². The van der Waals surface area contributed by atoms with Crippen LogP contribution >= 0.6 is 0 Å². The molecule has 0 bridgehead atoms. The Morgan fingerprint density at radius 2 is 1.90 bits per heavy atom. The highest BCUT2D eigenvalue weighted by atomic mass is 16.3. The Morgan fingerprint density at radius 1 is 1.24 bits per heavy atom. The largest absolute Gasteiger partial charge is 0.396 e. The van der Waals surface area contributed by atoms with Crippen LogP contribution in [0.2, 0.25) is 0 Å². The number of aliphatic hydroxyl groups excluding tert-OH is 1. The van der Waals surface area contributed by atoms with E-state index in [9.17, 15) is 5.11 Å². The molecule has 1 aromatic rings. The maximum absolute atomic E-state index is 9.29. The molecule has 1 atom stereocenters. The molecular weight excluding hydrogens is 264 g/mol. The standard InChI is InChI=1S/C16H28N4O/c1-5-16(4,9-10-21)20-14-11(3)13(17-6-2)18-15(19-14)12-7-8-12/h12,21H,5-10H2,1-4H3,(H2,17,18,19,20). The van der Waals surface area contributed by atoms with E-state index in [1.54, 1.807) is 0 Å². The fourth-order valence-corrected chi connectivity index (χ4v) is 2.38. The van der Waals surface area contributed by atoms with Gasteiger partial charge in [0.05, 0.1) is 0 Å². The van der Waals surface area contributed by atoms with Crippen molar-refractivity contribution < 1.29 is 5.11 Å². The van der Waals surface area contributed by atoms with Gasteiger partial charge in [0.1, 0.15) is 17.5 Å². The molecule has 1 fully saturated rings. The first kappa shape index (κ1) is 16.0. The van der Waals surface area contributed by atoms with Crippen molar-refractivity contribution in [1.82, 2.24) is 9.97 Å². The van der Waals surface area contributed by atoms with Crippen LogP contribution in [0.25, 0.3) is 0 Å². The Labute approximate surface area is 127 Å². The van der Waals surface area contributed by atoms with Gasteiger partial charge < -0.3 is 15.7 Å². The van der Waals surface area contributed by atoms with Crippen molar-refractivity contribution in [3.63, 3.8) is 0 Å². The van der Waals surface area contributed by atoms with Gasteiger partial charge in [0.25, 0.3) is 0 Å². The van der Waals surface area contributed by atoms with Gasteiger partial charge in [-0.1, -0.05) is 6.92 Å². The number of nitrogens with one attached hydrogen (secondary N) is 2. The summed E-state index contributed by atoms with van der Waals surface area (Å²) in [6, 6.07) is 0. The zero-order chi connectivity index (χ0) is 15.5. The van der Waals surface area contributed by atoms with Crippen LogP contribution < -0.4 is 10.6 Å².